The van der Waals surface area contributed by atoms with Gasteiger partial charge in [0.2, 0.25) is 0 Å². The maximum Gasteiger partial charge on any atom is 0.306 e. The van der Waals surface area contributed by atoms with Gasteiger partial charge in [0, 0.05) is 19.3 Å². The second kappa shape index (κ2) is 45.9. The standard InChI is InChI=1S/C53H102O6/c1-6-8-9-10-11-12-13-19-23-30-35-40-45-53(56)59-50(47-58-52(55)44-39-34-29-25-24-27-32-37-42-49(5)7-2)46-57-51(54)43-38-33-28-22-20-17-15-14-16-18-21-26-31-36-41-48(3)4/h48-50H,6-47H2,1-5H3/t49?,50-/m0/s1. The number of carbonyl (C=O) groups is 3. The third-order valence-electron chi connectivity index (χ3n) is 12.3. The quantitative estimate of drug-likeness (QED) is 0.0345. The summed E-state index contributed by atoms with van der Waals surface area (Å²) < 4.78 is 16.8. The molecule has 0 bridgehead atoms. The summed E-state index contributed by atoms with van der Waals surface area (Å²) in [5.74, 6) is 0.844. The zero-order valence-corrected chi connectivity index (χ0v) is 40.4. The minimum absolute atomic E-state index is 0.0637. The van der Waals surface area contributed by atoms with Crippen LogP contribution in [0, 0.1) is 11.8 Å². The van der Waals surface area contributed by atoms with E-state index in [2.05, 4.69) is 34.6 Å². The van der Waals surface area contributed by atoms with Crippen molar-refractivity contribution in [3.05, 3.63) is 0 Å². The van der Waals surface area contributed by atoms with Gasteiger partial charge in [-0.2, -0.15) is 0 Å². The molecule has 0 N–H and O–H groups in total. The van der Waals surface area contributed by atoms with Crippen LogP contribution in [-0.4, -0.2) is 37.2 Å². The smallest absolute Gasteiger partial charge is 0.306 e. The van der Waals surface area contributed by atoms with Gasteiger partial charge in [-0.25, -0.2) is 0 Å². The van der Waals surface area contributed by atoms with Gasteiger partial charge in [0.1, 0.15) is 13.2 Å². The van der Waals surface area contributed by atoms with Crippen molar-refractivity contribution in [2.75, 3.05) is 13.2 Å². The summed E-state index contributed by atoms with van der Waals surface area (Å²) >= 11 is 0. The summed E-state index contributed by atoms with van der Waals surface area (Å²) in [6.45, 7) is 11.4. The number of hydrogen-bond donors (Lipinski definition) is 0. The molecule has 1 unspecified atom stereocenters. The first-order chi connectivity index (χ1) is 28.8. The molecular formula is C53H102O6. The van der Waals surface area contributed by atoms with Gasteiger partial charge < -0.3 is 14.2 Å². The molecule has 2 atom stereocenters. The predicted octanol–water partition coefficient (Wildman–Crippen LogP) is 16.9. The summed E-state index contributed by atoms with van der Waals surface area (Å²) in [6, 6.07) is 0. The van der Waals surface area contributed by atoms with Gasteiger partial charge in [-0.15, -0.1) is 0 Å². The molecule has 0 radical (unpaired) electrons. The Labute approximate surface area is 368 Å². The van der Waals surface area contributed by atoms with Crippen LogP contribution in [-0.2, 0) is 28.6 Å². The molecule has 0 aromatic rings. The maximum atomic E-state index is 12.8. The van der Waals surface area contributed by atoms with Crippen molar-refractivity contribution in [3.63, 3.8) is 0 Å². The van der Waals surface area contributed by atoms with Gasteiger partial charge in [0.05, 0.1) is 0 Å². The molecule has 6 nitrogen and oxygen atoms in total. The van der Waals surface area contributed by atoms with Crippen LogP contribution in [0.4, 0.5) is 0 Å². The SMILES string of the molecule is CCCCCCCCCCCCCCC(=O)O[C@@H](COC(=O)CCCCCCCCCCCCCCCCC(C)C)COC(=O)CCCCCCCCCCC(C)CC. The average Bonchev–Trinajstić information content (AvgIpc) is 3.22. The van der Waals surface area contributed by atoms with Gasteiger partial charge in [-0.3, -0.25) is 14.4 Å². The Kier molecular flexibility index (Phi) is 44.7. The molecule has 0 heterocycles. The zero-order valence-electron chi connectivity index (χ0n) is 40.4. The van der Waals surface area contributed by atoms with Crippen LogP contribution in [0.25, 0.3) is 0 Å². The van der Waals surface area contributed by atoms with Crippen molar-refractivity contribution in [3.8, 4) is 0 Å². The van der Waals surface area contributed by atoms with Crippen LogP contribution in [0.2, 0.25) is 0 Å². The van der Waals surface area contributed by atoms with Gasteiger partial charge >= 0.3 is 17.9 Å². The van der Waals surface area contributed by atoms with E-state index in [1.807, 2.05) is 0 Å². The monoisotopic (exact) mass is 835 g/mol. The second-order valence-electron chi connectivity index (χ2n) is 18.9. The van der Waals surface area contributed by atoms with Crippen LogP contribution in [0.15, 0.2) is 0 Å². The number of carbonyl (C=O) groups excluding carboxylic acids is 3. The van der Waals surface area contributed by atoms with E-state index in [-0.39, 0.29) is 31.1 Å². The maximum absolute atomic E-state index is 12.8. The highest BCUT2D eigenvalue weighted by Gasteiger charge is 2.19. The first-order valence-corrected chi connectivity index (χ1v) is 26.3. The van der Waals surface area contributed by atoms with Crippen molar-refractivity contribution in [1.29, 1.82) is 0 Å². The Balaban J connectivity index is 4.29. The van der Waals surface area contributed by atoms with Crippen molar-refractivity contribution < 1.29 is 28.6 Å². The van der Waals surface area contributed by atoms with E-state index in [0.717, 1.165) is 69.6 Å². The number of ether oxygens (including phenoxy) is 3. The molecule has 0 rings (SSSR count). The third kappa shape index (κ3) is 45.8. The third-order valence-corrected chi connectivity index (χ3v) is 12.3. The highest BCUT2D eigenvalue weighted by molar-refractivity contribution is 5.71. The molecule has 59 heavy (non-hydrogen) atoms. The van der Waals surface area contributed by atoms with E-state index >= 15 is 0 Å². The van der Waals surface area contributed by atoms with E-state index in [1.54, 1.807) is 0 Å². The summed E-state index contributed by atoms with van der Waals surface area (Å²) in [6.07, 6.45) is 46.5. The normalized spacial score (nSPS) is 12.5. The number of hydrogen-bond acceptors (Lipinski definition) is 6. The van der Waals surface area contributed by atoms with Crippen molar-refractivity contribution in [2.24, 2.45) is 11.8 Å². The van der Waals surface area contributed by atoms with Gasteiger partial charge in [0.15, 0.2) is 6.10 Å². The molecule has 0 spiro atoms. The zero-order chi connectivity index (χ0) is 43.3. The average molecular weight is 835 g/mol. The molecule has 0 aliphatic carbocycles. The first kappa shape index (κ1) is 57.4. The molecule has 0 aliphatic heterocycles. The van der Waals surface area contributed by atoms with Crippen molar-refractivity contribution in [2.45, 2.75) is 298 Å². The van der Waals surface area contributed by atoms with Crippen molar-refractivity contribution in [1.82, 2.24) is 0 Å². The molecule has 350 valence electrons. The van der Waals surface area contributed by atoms with Crippen LogP contribution < -0.4 is 0 Å². The molecule has 0 saturated heterocycles. The first-order valence-electron chi connectivity index (χ1n) is 26.3. The lowest BCUT2D eigenvalue weighted by Gasteiger charge is -2.18. The minimum atomic E-state index is -0.761. The van der Waals surface area contributed by atoms with E-state index in [9.17, 15) is 14.4 Å². The fraction of sp³-hybridized carbons (Fsp3) is 0.943. The lowest BCUT2D eigenvalue weighted by molar-refractivity contribution is -0.167. The number of rotatable bonds is 47. The fourth-order valence-corrected chi connectivity index (χ4v) is 7.96. The topological polar surface area (TPSA) is 78.9 Å². The largest absolute Gasteiger partial charge is 0.462 e. The van der Waals surface area contributed by atoms with E-state index < -0.39 is 6.10 Å². The van der Waals surface area contributed by atoms with Crippen molar-refractivity contribution >= 4 is 17.9 Å². The molecule has 0 aromatic carbocycles. The van der Waals surface area contributed by atoms with Crippen LogP contribution in [0.3, 0.4) is 0 Å². The van der Waals surface area contributed by atoms with Gasteiger partial charge in [-0.05, 0) is 31.1 Å². The Hall–Kier alpha value is -1.59. The Morgan fingerprint density at radius 3 is 0.966 bits per heavy atom. The van der Waals surface area contributed by atoms with Crippen LogP contribution in [0.1, 0.15) is 291 Å². The van der Waals surface area contributed by atoms with Crippen LogP contribution >= 0.6 is 0 Å². The van der Waals surface area contributed by atoms with Crippen LogP contribution in [0.5, 0.6) is 0 Å². The Morgan fingerprint density at radius 2 is 0.644 bits per heavy atom. The Bertz CT molecular complexity index is 902. The predicted molar refractivity (Wildman–Crippen MR) is 252 cm³/mol. The lowest BCUT2D eigenvalue weighted by Crippen LogP contribution is -2.30. The molecule has 0 fully saturated rings. The molecule has 6 heteroatoms. The lowest BCUT2D eigenvalue weighted by atomic mass is 9.99. The van der Waals surface area contributed by atoms with E-state index in [1.165, 1.54) is 180 Å². The Morgan fingerprint density at radius 1 is 0.356 bits per heavy atom. The minimum Gasteiger partial charge on any atom is -0.462 e. The summed E-state index contributed by atoms with van der Waals surface area (Å²) in [5, 5.41) is 0. The number of unbranched alkanes of at least 4 members (excludes halogenated alkanes) is 31. The highest BCUT2D eigenvalue weighted by atomic mass is 16.6. The molecule has 0 aromatic heterocycles. The molecular weight excluding hydrogens is 733 g/mol. The molecule has 0 amide bonds. The van der Waals surface area contributed by atoms with Gasteiger partial charge in [0.25, 0.3) is 0 Å². The van der Waals surface area contributed by atoms with E-state index in [4.69, 9.17) is 14.2 Å². The highest BCUT2D eigenvalue weighted by Crippen LogP contribution is 2.18. The second-order valence-corrected chi connectivity index (χ2v) is 18.9. The van der Waals surface area contributed by atoms with Gasteiger partial charge in [-0.1, -0.05) is 253 Å². The summed E-state index contributed by atoms with van der Waals surface area (Å²) in [7, 11) is 0. The molecule has 0 saturated carbocycles. The summed E-state index contributed by atoms with van der Waals surface area (Å²) in [5.41, 5.74) is 0. The van der Waals surface area contributed by atoms with E-state index in [0.29, 0.717) is 19.3 Å². The summed E-state index contributed by atoms with van der Waals surface area (Å²) in [4.78, 5) is 37.9. The fourth-order valence-electron chi connectivity index (χ4n) is 7.96. The number of esters is 3. The molecule has 0 aliphatic rings.